The Labute approximate surface area is 211 Å². The third-order valence-electron chi connectivity index (χ3n) is 7.74. The monoisotopic (exact) mass is 498 g/mol. The van der Waals surface area contributed by atoms with Gasteiger partial charge in [0.1, 0.15) is 0 Å². The Hall–Kier alpha value is -3.17. The van der Waals surface area contributed by atoms with Gasteiger partial charge in [0.25, 0.3) is 0 Å². The molecule has 1 aliphatic carbocycles. The Kier molecular flexibility index (Phi) is 6.85. The van der Waals surface area contributed by atoms with Gasteiger partial charge in [-0.2, -0.15) is 0 Å². The minimum absolute atomic E-state index is 0.0714. The van der Waals surface area contributed by atoms with Crippen LogP contribution in [-0.4, -0.2) is 69.8 Å². The maximum Gasteiger partial charge on any atom is 0.310 e. The highest BCUT2D eigenvalue weighted by Crippen LogP contribution is 2.55. The SMILES string of the molecule is CCN(CC)CCN[C@@H]1c2cc3c(cc2[C@@H](c2cc(OC)c(O)c(OC)c2)[C@H]2C(=O)OC[C@@H]21)OCO3. The molecule has 2 aromatic rings. The van der Waals surface area contributed by atoms with Gasteiger partial charge in [0.15, 0.2) is 23.0 Å². The van der Waals surface area contributed by atoms with E-state index in [9.17, 15) is 9.90 Å². The standard InChI is InChI=1S/C27H34N2O7/c1-5-29(6-2)8-7-28-25-17-12-20-19(35-14-36-20)11-16(17)23(24-18(25)13-34-27(24)31)15-9-21(32-3)26(30)22(10-15)33-4/h9-12,18,23-25,28,30H,5-8,13-14H2,1-4H3/t18-,23+,24-,25+/m0/s1. The molecule has 194 valence electrons. The van der Waals surface area contributed by atoms with Gasteiger partial charge < -0.3 is 39.0 Å². The summed E-state index contributed by atoms with van der Waals surface area (Å²) < 4.78 is 28.0. The Morgan fingerprint density at radius 2 is 1.64 bits per heavy atom. The van der Waals surface area contributed by atoms with Crippen LogP contribution >= 0.6 is 0 Å². The molecule has 5 rings (SSSR count). The Bertz CT molecular complexity index is 1110. The van der Waals surface area contributed by atoms with Crippen molar-refractivity contribution in [1.29, 1.82) is 0 Å². The fraction of sp³-hybridized carbons (Fsp3) is 0.519. The number of nitrogens with zero attached hydrogens (tertiary/aromatic N) is 1. The first kappa shape index (κ1) is 24.5. The number of rotatable bonds is 9. The molecule has 9 heteroatoms. The second-order valence-corrected chi connectivity index (χ2v) is 9.36. The van der Waals surface area contributed by atoms with Crippen LogP contribution in [0.3, 0.4) is 0 Å². The summed E-state index contributed by atoms with van der Waals surface area (Å²) in [6.07, 6.45) is 0. The van der Waals surface area contributed by atoms with Gasteiger partial charge in [-0.05, 0) is 54.0 Å². The van der Waals surface area contributed by atoms with E-state index in [0.29, 0.717) is 18.1 Å². The zero-order chi connectivity index (χ0) is 25.4. The van der Waals surface area contributed by atoms with E-state index in [1.54, 1.807) is 12.1 Å². The van der Waals surface area contributed by atoms with Gasteiger partial charge in [-0.1, -0.05) is 13.8 Å². The maximum absolute atomic E-state index is 13.2. The van der Waals surface area contributed by atoms with Crippen LogP contribution in [0, 0.1) is 11.8 Å². The molecule has 0 radical (unpaired) electrons. The van der Waals surface area contributed by atoms with E-state index in [4.69, 9.17) is 23.7 Å². The first-order chi connectivity index (χ1) is 17.5. The van der Waals surface area contributed by atoms with Gasteiger partial charge in [-0.25, -0.2) is 0 Å². The van der Waals surface area contributed by atoms with E-state index in [2.05, 4.69) is 24.1 Å². The van der Waals surface area contributed by atoms with Crippen molar-refractivity contribution in [1.82, 2.24) is 10.2 Å². The third kappa shape index (κ3) is 4.10. The third-order valence-corrected chi connectivity index (χ3v) is 7.74. The van der Waals surface area contributed by atoms with E-state index in [1.165, 1.54) is 14.2 Å². The second-order valence-electron chi connectivity index (χ2n) is 9.36. The summed E-state index contributed by atoms with van der Waals surface area (Å²) in [5, 5.41) is 14.2. The molecule has 0 saturated carbocycles. The van der Waals surface area contributed by atoms with Crippen LogP contribution in [0.5, 0.6) is 28.7 Å². The van der Waals surface area contributed by atoms with Crippen molar-refractivity contribution >= 4 is 5.97 Å². The van der Waals surface area contributed by atoms with Crippen molar-refractivity contribution in [3.63, 3.8) is 0 Å². The van der Waals surface area contributed by atoms with Crippen molar-refractivity contribution in [3.05, 3.63) is 41.0 Å². The molecule has 4 atom stereocenters. The van der Waals surface area contributed by atoms with Crippen LogP contribution in [0.25, 0.3) is 0 Å². The molecule has 3 aliphatic rings. The van der Waals surface area contributed by atoms with Gasteiger partial charge in [0.2, 0.25) is 12.5 Å². The number of hydrogen-bond donors (Lipinski definition) is 2. The highest BCUT2D eigenvalue weighted by molar-refractivity contribution is 5.79. The molecule has 2 N–H and O–H groups in total. The van der Waals surface area contributed by atoms with Crippen molar-refractivity contribution in [3.8, 4) is 28.7 Å². The minimum Gasteiger partial charge on any atom is -0.502 e. The second kappa shape index (κ2) is 10.1. The van der Waals surface area contributed by atoms with Gasteiger partial charge in [0, 0.05) is 31.0 Å². The summed E-state index contributed by atoms with van der Waals surface area (Å²) in [5.74, 6) is 0.806. The lowest BCUT2D eigenvalue weighted by atomic mass is 9.65. The molecule has 2 aromatic carbocycles. The summed E-state index contributed by atoms with van der Waals surface area (Å²) in [6.45, 7) is 8.47. The number of carbonyl (C=O) groups is 1. The largest absolute Gasteiger partial charge is 0.502 e. The van der Waals surface area contributed by atoms with Crippen molar-refractivity contribution in [2.24, 2.45) is 11.8 Å². The lowest BCUT2D eigenvalue weighted by Crippen LogP contribution is -2.43. The summed E-state index contributed by atoms with van der Waals surface area (Å²) in [7, 11) is 2.99. The van der Waals surface area contributed by atoms with E-state index in [-0.39, 0.29) is 47.9 Å². The maximum atomic E-state index is 13.2. The van der Waals surface area contributed by atoms with Crippen LogP contribution in [0.15, 0.2) is 24.3 Å². The number of phenolic OH excluding ortho intramolecular Hbond substituents is 1. The average molecular weight is 499 g/mol. The first-order valence-corrected chi connectivity index (χ1v) is 12.5. The molecule has 0 bridgehead atoms. The fourth-order valence-electron chi connectivity index (χ4n) is 5.84. The normalized spacial score (nSPS) is 23.9. The van der Waals surface area contributed by atoms with Gasteiger partial charge in [-0.15, -0.1) is 0 Å². The molecule has 0 amide bonds. The molecule has 0 unspecified atom stereocenters. The number of benzene rings is 2. The van der Waals surface area contributed by atoms with E-state index >= 15 is 0 Å². The van der Waals surface area contributed by atoms with E-state index < -0.39 is 5.92 Å². The number of phenols is 1. The number of ether oxygens (including phenoxy) is 5. The van der Waals surface area contributed by atoms with E-state index in [0.717, 1.165) is 42.9 Å². The molecule has 0 spiro atoms. The number of methoxy groups -OCH3 is 2. The highest BCUT2D eigenvalue weighted by Gasteiger charge is 2.52. The molecule has 9 nitrogen and oxygen atoms in total. The predicted molar refractivity (Wildman–Crippen MR) is 132 cm³/mol. The van der Waals surface area contributed by atoms with Crippen molar-refractivity contribution < 1.29 is 33.6 Å². The number of cyclic esters (lactones) is 1. The summed E-state index contributed by atoms with van der Waals surface area (Å²) in [5.41, 5.74) is 2.83. The number of hydrogen-bond acceptors (Lipinski definition) is 9. The topological polar surface area (TPSA) is 98.7 Å². The van der Waals surface area contributed by atoms with Gasteiger partial charge >= 0.3 is 5.97 Å². The molecular weight excluding hydrogens is 464 g/mol. The average Bonchev–Trinajstić information content (AvgIpc) is 3.51. The number of aromatic hydroxyl groups is 1. The summed E-state index contributed by atoms with van der Waals surface area (Å²) in [4.78, 5) is 15.6. The molecule has 0 aromatic heterocycles. The Morgan fingerprint density at radius 3 is 2.25 bits per heavy atom. The predicted octanol–water partition coefficient (Wildman–Crippen LogP) is 3.05. The lowest BCUT2D eigenvalue weighted by molar-refractivity contribution is -0.141. The van der Waals surface area contributed by atoms with Crippen LogP contribution < -0.4 is 24.3 Å². The van der Waals surface area contributed by atoms with Crippen LogP contribution in [0.2, 0.25) is 0 Å². The van der Waals surface area contributed by atoms with E-state index in [1.807, 2.05) is 12.1 Å². The van der Waals surface area contributed by atoms with Crippen LogP contribution in [0.1, 0.15) is 42.5 Å². The molecule has 1 fully saturated rings. The molecular formula is C27H34N2O7. The lowest BCUT2D eigenvalue weighted by Gasteiger charge is -2.40. The molecule has 1 saturated heterocycles. The summed E-state index contributed by atoms with van der Waals surface area (Å²) >= 11 is 0. The Morgan fingerprint density at radius 1 is 1.00 bits per heavy atom. The number of nitrogens with one attached hydrogen (secondary N) is 1. The zero-order valence-corrected chi connectivity index (χ0v) is 21.2. The number of esters is 1. The number of likely N-dealkylation sites (N-methyl/N-ethyl adjacent to an activating group) is 1. The molecule has 2 aliphatic heterocycles. The smallest absolute Gasteiger partial charge is 0.310 e. The summed E-state index contributed by atoms with van der Waals surface area (Å²) in [6, 6.07) is 7.47. The van der Waals surface area contributed by atoms with Crippen LogP contribution in [-0.2, 0) is 9.53 Å². The Balaban J connectivity index is 1.62. The van der Waals surface area contributed by atoms with Crippen molar-refractivity contribution in [2.75, 3.05) is 53.8 Å². The molecule has 2 heterocycles. The number of carbonyl (C=O) groups excluding carboxylic acids is 1. The zero-order valence-electron chi connectivity index (χ0n) is 21.2. The van der Waals surface area contributed by atoms with Gasteiger partial charge in [0.05, 0.1) is 26.7 Å². The molecule has 36 heavy (non-hydrogen) atoms. The fourth-order valence-corrected chi connectivity index (χ4v) is 5.84. The van der Waals surface area contributed by atoms with Crippen molar-refractivity contribution in [2.45, 2.75) is 25.8 Å². The minimum atomic E-state index is -0.414. The number of fused-ring (bicyclic) bond motifs is 3. The van der Waals surface area contributed by atoms with Gasteiger partial charge in [-0.3, -0.25) is 4.79 Å². The highest BCUT2D eigenvalue weighted by atomic mass is 16.7. The quantitative estimate of drug-likeness (QED) is 0.506. The van der Waals surface area contributed by atoms with Crippen LogP contribution in [0.4, 0.5) is 0 Å². The first-order valence-electron chi connectivity index (χ1n) is 12.5.